The summed E-state index contributed by atoms with van der Waals surface area (Å²) >= 11 is 0. The highest BCUT2D eigenvalue weighted by Crippen LogP contribution is 2.14. The highest BCUT2D eigenvalue weighted by molar-refractivity contribution is 5.07. The Hall–Kier alpha value is -0.840. The van der Waals surface area contributed by atoms with Gasteiger partial charge >= 0.3 is 0 Å². The molecule has 1 aromatic rings. The first-order chi connectivity index (χ1) is 9.22. The normalized spacial score (nSPS) is 19.7. The summed E-state index contributed by atoms with van der Waals surface area (Å²) in [6.07, 6.45) is 1.24. The lowest BCUT2D eigenvalue weighted by molar-refractivity contribution is 0.0917. The molecule has 1 saturated heterocycles. The van der Waals surface area contributed by atoms with Gasteiger partial charge in [0.15, 0.2) is 0 Å². The molecule has 1 atom stereocenters. The lowest BCUT2D eigenvalue weighted by Crippen LogP contribution is -2.48. The first-order valence-corrected chi connectivity index (χ1v) is 7.41. The van der Waals surface area contributed by atoms with Crippen LogP contribution in [0.1, 0.15) is 31.8 Å². The summed E-state index contributed by atoms with van der Waals surface area (Å²) in [5.41, 5.74) is 0. The van der Waals surface area contributed by atoms with E-state index in [0.29, 0.717) is 6.04 Å². The summed E-state index contributed by atoms with van der Waals surface area (Å²) in [7, 11) is 1.94. The Balaban J connectivity index is 1.78. The van der Waals surface area contributed by atoms with Crippen LogP contribution in [0.2, 0.25) is 0 Å². The standard InChI is InChI=1S/C15H27N3O/c1-4-13(2)18-9-7-17(8-10-18)12-15-6-5-14(19-15)11-16-3/h5-6,13,16H,4,7-12H2,1-3H3. The lowest BCUT2D eigenvalue weighted by Gasteiger charge is -2.37. The highest BCUT2D eigenvalue weighted by Gasteiger charge is 2.20. The van der Waals surface area contributed by atoms with Gasteiger partial charge in [0.1, 0.15) is 11.5 Å². The van der Waals surface area contributed by atoms with Crippen molar-refractivity contribution < 1.29 is 4.42 Å². The van der Waals surface area contributed by atoms with Gasteiger partial charge in [-0.3, -0.25) is 9.80 Å². The molecular weight excluding hydrogens is 238 g/mol. The fourth-order valence-electron chi connectivity index (χ4n) is 2.62. The van der Waals surface area contributed by atoms with Gasteiger partial charge in [0, 0.05) is 32.2 Å². The van der Waals surface area contributed by atoms with Crippen molar-refractivity contribution in [3.05, 3.63) is 23.7 Å². The molecule has 2 heterocycles. The molecular formula is C15H27N3O. The maximum Gasteiger partial charge on any atom is 0.118 e. The summed E-state index contributed by atoms with van der Waals surface area (Å²) in [5, 5.41) is 3.11. The largest absolute Gasteiger partial charge is 0.463 e. The zero-order chi connectivity index (χ0) is 13.7. The molecule has 1 aromatic heterocycles. The van der Waals surface area contributed by atoms with E-state index in [0.717, 1.165) is 37.7 Å². The molecule has 0 amide bonds. The third kappa shape index (κ3) is 4.06. The Morgan fingerprint density at radius 3 is 2.53 bits per heavy atom. The zero-order valence-corrected chi connectivity index (χ0v) is 12.5. The maximum absolute atomic E-state index is 5.80. The minimum Gasteiger partial charge on any atom is -0.463 e. The summed E-state index contributed by atoms with van der Waals surface area (Å²) in [4.78, 5) is 5.08. The van der Waals surface area contributed by atoms with Crippen LogP contribution in [-0.2, 0) is 13.1 Å². The highest BCUT2D eigenvalue weighted by atomic mass is 16.3. The van der Waals surface area contributed by atoms with E-state index in [9.17, 15) is 0 Å². The van der Waals surface area contributed by atoms with Crippen LogP contribution in [0.4, 0.5) is 0 Å². The number of hydrogen-bond donors (Lipinski definition) is 1. The van der Waals surface area contributed by atoms with Gasteiger partial charge in [-0.15, -0.1) is 0 Å². The van der Waals surface area contributed by atoms with E-state index >= 15 is 0 Å². The van der Waals surface area contributed by atoms with Crippen molar-refractivity contribution in [2.45, 2.75) is 39.4 Å². The van der Waals surface area contributed by atoms with Gasteiger partial charge in [0.2, 0.25) is 0 Å². The van der Waals surface area contributed by atoms with Crippen LogP contribution in [0.15, 0.2) is 16.5 Å². The Morgan fingerprint density at radius 2 is 1.89 bits per heavy atom. The molecule has 2 rings (SSSR count). The van der Waals surface area contributed by atoms with Crippen LogP contribution >= 0.6 is 0 Å². The summed E-state index contributed by atoms with van der Waals surface area (Å²) < 4.78 is 5.80. The summed E-state index contributed by atoms with van der Waals surface area (Å²) in [5.74, 6) is 2.11. The van der Waals surface area contributed by atoms with Crippen molar-refractivity contribution in [2.75, 3.05) is 33.2 Å². The Bertz CT molecular complexity index is 369. The van der Waals surface area contributed by atoms with Crippen LogP contribution in [-0.4, -0.2) is 49.1 Å². The third-order valence-corrected chi connectivity index (χ3v) is 4.07. The van der Waals surface area contributed by atoms with Gasteiger partial charge in [-0.05, 0) is 32.5 Å². The minimum atomic E-state index is 0.716. The van der Waals surface area contributed by atoms with E-state index < -0.39 is 0 Å². The van der Waals surface area contributed by atoms with E-state index in [1.54, 1.807) is 0 Å². The topological polar surface area (TPSA) is 31.6 Å². The molecule has 1 N–H and O–H groups in total. The van der Waals surface area contributed by atoms with Gasteiger partial charge in [0.25, 0.3) is 0 Å². The Morgan fingerprint density at radius 1 is 1.21 bits per heavy atom. The lowest BCUT2D eigenvalue weighted by atomic mass is 10.2. The van der Waals surface area contributed by atoms with E-state index in [2.05, 4.69) is 41.1 Å². The average Bonchev–Trinajstić information content (AvgIpc) is 2.86. The van der Waals surface area contributed by atoms with Crippen molar-refractivity contribution >= 4 is 0 Å². The van der Waals surface area contributed by atoms with Crippen molar-refractivity contribution in [3.63, 3.8) is 0 Å². The molecule has 0 bridgehead atoms. The molecule has 4 heteroatoms. The minimum absolute atomic E-state index is 0.716. The van der Waals surface area contributed by atoms with Gasteiger partial charge in [0.05, 0.1) is 13.1 Å². The second-order valence-corrected chi connectivity index (χ2v) is 5.47. The number of hydrogen-bond acceptors (Lipinski definition) is 4. The number of rotatable bonds is 6. The second-order valence-electron chi connectivity index (χ2n) is 5.47. The first-order valence-electron chi connectivity index (χ1n) is 7.41. The molecule has 1 aliphatic rings. The molecule has 0 aliphatic carbocycles. The van der Waals surface area contributed by atoms with Crippen LogP contribution in [0.5, 0.6) is 0 Å². The summed E-state index contributed by atoms with van der Waals surface area (Å²) in [6.45, 7) is 11.0. The fraction of sp³-hybridized carbons (Fsp3) is 0.733. The van der Waals surface area contributed by atoms with Crippen molar-refractivity contribution in [2.24, 2.45) is 0 Å². The SMILES string of the molecule is CCC(C)N1CCN(Cc2ccc(CNC)o2)CC1. The Kier molecular flexibility index (Phi) is 5.43. The number of nitrogens with one attached hydrogen (secondary N) is 1. The number of piperazine rings is 1. The molecule has 0 saturated carbocycles. The predicted molar refractivity (Wildman–Crippen MR) is 78.1 cm³/mol. The van der Waals surface area contributed by atoms with E-state index in [-0.39, 0.29) is 0 Å². The monoisotopic (exact) mass is 265 g/mol. The molecule has 0 radical (unpaired) electrons. The second kappa shape index (κ2) is 7.08. The molecule has 1 unspecified atom stereocenters. The molecule has 4 nitrogen and oxygen atoms in total. The summed E-state index contributed by atoms with van der Waals surface area (Å²) in [6, 6.07) is 4.89. The molecule has 0 spiro atoms. The van der Waals surface area contributed by atoms with Crippen LogP contribution in [0, 0.1) is 0 Å². The van der Waals surface area contributed by atoms with Gasteiger partial charge in [-0.25, -0.2) is 0 Å². The van der Waals surface area contributed by atoms with Gasteiger partial charge in [-0.2, -0.15) is 0 Å². The smallest absolute Gasteiger partial charge is 0.118 e. The van der Waals surface area contributed by atoms with Crippen LogP contribution in [0.25, 0.3) is 0 Å². The third-order valence-electron chi connectivity index (χ3n) is 4.07. The van der Waals surface area contributed by atoms with E-state index in [1.165, 1.54) is 19.5 Å². The van der Waals surface area contributed by atoms with E-state index in [1.807, 2.05) is 7.05 Å². The van der Waals surface area contributed by atoms with Crippen molar-refractivity contribution in [1.82, 2.24) is 15.1 Å². The average molecular weight is 265 g/mol. The molecule has 1 aliphatic heterocycles. The van der Waals surface area contributed by atoms with Crippen LogP contribution in [0.3, 0.4) is 0 Å². The van der Waals surface area contributed by atoms with E-state index in [4.69, 9.17) is 4.42 Å². The van der Waals surface area contributed by atoms with Crippen molar-refractivity contribution in [1.29, 1.82) is 0 Å². The maximum atomic E-state index is 5.80. The van der Waals surface area contributed by atoms with Crippen molar-refractivity contribution in [3.8, 4) is 0 Å². The van der Waals surface area contributed by atoms with Crippen LogP contribution < -0.4 is 5.32 Å². The molecule has 19 heavy (non-hydrogen) atoms. The molecule has 1 fully saturated rings. The number of nitrogens with zero attached hydrogens (tertiary/aromatic N) is 2. The molecule has 0 aromatic carbocycles. The fourth-order valence-corrected chi connectivity index (χ4v) is 2.62. The van der Waals surface area contributed by atoms with Gasteiger partial charge < -0.3 is 9.73 Å². The molecule has 108 valence electrons. The van der Waals surface area contributed by atoms with Gasteiger partial charge in [-0.1, -0.05) is 6.92 Å². The Labute approximate surface area is 116 Å². The predicted octanol–water partition coefficient (Wildman–Crippen LogP) is 1.92. The quantitative estimate of drug-likeness (QED) is 0.851. The number of furan rings is 1. The zero-order valence-electron chi connectivity index (χ0n) is 12.5. The first kappa shape index (κ1) is 14.6.